The second-order valence-corrected chi connectivity index (χ2v) is 6.83. The van der Waals surface area contributed by atoms with Crippen LogP contribution < -0.4 is 0 Å². The molecule has 1 aliphatic heterocycles. The smallest absolute Gasteiger partial charge is 0.261 e. The minimum absolute atomic E-state index is 0.183. The predicted octanol–water partition coefficient (Wildman–Crippen LogP) is 4.16. The lowest BCUT2D eigenvalue weighted by Crippen LogP contribution is -2.30. The average molecular weight is 383 g/mol. The number of carbonyl (C=O) groups excluding carboxylic acids is 2. The molecule has 0 aliphatic carbocycles. The number of nitrogens with one attached hydrogen (secondary N) is 1. The molecule has 2 aromatic carbocycles. The van der Waals surface area contributed by atoms with E-state index < -0.39 is 0 Å². The number of nitrogens with zero attached hydrogens (tertiary/aromatic N) is 1. The fourth-order valence-electron chi connectivity index (χ4n) is 3.23. The highest BCUT2D eigenvalue weighted by Crippen LogP contribution is 2.25. The molecule has 0 unspecified atom stereocenters. The number of aryl methyl sites for hydroxylation is 1. The molecule has 120 valence electrons. The number of fused-ring (bicyclic) bond motifs is 2. The van der Waals surface area contributed by atoms with Crippen LogP contribution in [0.3, 0.4) is 0 Å². The number of H-pyrrole nitrogens is 1. The summed E-state index contributed by atoms with van der Waals surface area (Å²) < 4.78 is 1.04. The van der Waals surface area contributed by atoms with Crippen LogP contribution in [0.1, 0.15) is 32.7 Å². The predicted molar refractivity (Wildman–Crippen MR) is 96.1 cm³/mol. The number of hydrogen-bond acceptors (Lipinski definition) is 2. The average Bonchev–Trinajstić information content (AvgIpc) is 3.09. The summed E-state index contributed by atoms with van der Waals surface area (Å²) in [6.07, 6.45) is 3.55. The number of halogens is 1. The van der Waals surface area contributed by atoms with Crippen LogP contribution in [0.25, 0.3) is 10.9 Å². The van der Waals surface area contributed by atoms with Crippen molar-refractivity contribution in [3.63, 3.8) is 0 Å². The van der Waals surface area contributed by atoms with Crippen molar-refractivity contribution in [2.75, 3.05) is 6.54 Å². The number of aromatic nitrogens is 1. The van der Waals surface area contributed by atoms with Gasteiger partial charge in [-0.15, -0.1) is 0 Å². The van der Waals surface area contributed by atoms with Crippen molar-refractivity contribution in [3.05, 3.63) is 69.8 Å². The summed E-state index contributed by atoms with van der Waals surface area (Å²) in [4.78, 5) is 29.3. The van der Waals surface area contributed by atoms with E-state index in [4.69, 9.17) is 0 Å². The molecule has 0 saturated heterocycles. The van der Waals surface area contributed by atoms with Crippen LogP contribution >= 0.6 is 15.9 Å². The second-order valence-electron chi connectivity index (χ2n) is 5.91. The van der Waals surface area contributed by atoms with Gasteiger partial charge in [-0.25, -0.2) is 0 Å². The van der Waals surface area contributed by atoms with Gasteiger partial charge >= 0.3 is 0 Å². The zero-order chi connectivity index (χ0) is 16.7. The minimum Gasteiger partial charge on any atom is -0.361 e. The molecule has 1 aliphatic rings. The molecule has 4 nitrogen and oxygen atoms in total. The van der Waals surface area contributed by atoms with Crippen molar-refractivity contribution in [3.8, 4) is 0 Å². The van der Waals surface area contributed by atoms with E-state index in [2.05, 4.69) is 27.0 Å². The zero-order valence-electron chi connectivity index (χ0n) is 12.9. The monoisotopic (exact) mass is 382 g/mol. The summed E-state index contributed by atoms with van der Waals surface area (Å²) in [5, 5.41) is 1.17. The maximum Gasteiger partial charge on any atom is 0.261 e. The molecule has 1 aromatic heterocycles. The van der Waals surface area contributed by atoms with E-state index in [1.54, 1.807) is 24.3 Å². The van der Waals surface area contributed by atoms with Gasteiger partial charge in [-0.1, -0.05) is 28.1 Å². The van der Waals surface area contributed by atoms with Crippen molar-refractivity contribution in [2.45, 2.75) is 12.8 Å². The number of carbonyl (C=O) groups is 2. The molecule has 4 rings (SSSR count). The Labute approximate surface area is 147 Å². The molecule has 0 radical (unpaired) electrons. The number of imide groups is 1. The van der Waals surface area contributed by atoms with Crippen molar-refractivity contribution < 1.29 is 9.59 Å². The normalized spacial score (nSPS) is 13.8. The van der Waals surface area contributed by atoms with Crippen LogP contribution in [-0.2, 0) is 6.42 Å². The van der Waals surface area contributed by atoms with Gasteiger partial charge in [0.15, 0.2) is 0 Å². The Morgan fingerprint density at radius 3 is 2.42 bits per heavy atom. The summed E-state index contributed by atoms with van der Waals surface area (Å²) in [6.45, 7) is 0.438. The maximum absolute atomic E-state index is 12.3. The molecule has 5 heteroatoms. The summed E-state index contributed by atoms with van der Waals surface area (Å²) in [7, 11) is 0. The third-order valence-electron chi connectivity index (χ3n) is 4.44. The van der Waals surface area contributed by atoms with Crippen LogP contribution in [0.15, 0.2) is 53.1 Å². The SMILES string of the molecule is O=C1c2ccccc2C(=O)N1CCCc1c[nH]c2ccc(Br)cc12. The Morgan fingerprint density at radius 2 is 1.71 bits per heavy atom. The Balaban J connectivity index is 1.47. The highest BCUT2D eigenvalue weighted by atomic mass is 79.9. The molecule has 0 bridgehead atoms. The fraction of sp³-hybridized carbons (Fsp3) is 0.158. The Bertz CT molecular complexity index is 926. The molecule has 3 aromatic rings. The standard InChI is InChI=1S/C19H15BrN2O2/c20-13-7-8-17-16(10-13)12(11-21-17)4-3-9-22-18(23)14-5-1-2-6-15(14)19(22)24/h1-2,5-8,10-11,21H,3-4,9H2. The first-order chi connectivity index (χ1) is 11.6. The van der Waals surface area contributed by atoms with Gasteiger partial charge in [0.25, 0.3) is 11.8 Å². The van der Waals surface area contributed by atoms with E-state index >= 15 is 0 Å². The van der Waals surface area contributed by atoms with Crippen molar-refractivity contribution in [1.82, 2.24) is 9.88 Å². The third kappa shape index (κ3) is 2.45. The van der Waals surface area contributed by atoms with Gasteiger partial charge in [-0.2, -0.15) is 0 Å². The lowest BCUT2D eigenvalue weighted by Gasteiger charge is -2.13. The summed E-state index contributed by atoms with van der Waals surface area (Å²) in [6, 6.07) is 13.1. The molecule has 2 heterocycles. The first-order valence-corrected chi connectivity index (χ1v) is 8.65. The first-order valence-electron chi connectivity index (χ1n) is 7.86. The molecular formula is C19H15BrN2O2. The van der Waals surface area contributed by atoms with Crippen LogP contribution in [0.2, 0.25) is 0 Å². The van der Waals surface area contributed by atoms with Crippen molar-refractivity contribution >= 4 is 38.6 Å². The van der Waals surface area contributed by atoms with Gasteiger partial charge in [0.1, 0.15) is 0 Å². The van der Waals surface area contributed by atoms with Crippen LogP contribution in [0.4, 0.5) is 0 Å². The Kier molecular flexibility index (Phi) is 3.73. The second kappa shape index (κ2) is 5.91. The zero-order valence-corrected chi connectivity index (χ0v) is 14.5. The Hall–Kier alpha value is -2.40. The molecule has 1 N–H and O–H groups in total. The van der Waals surface area contributed by atoms with E-state index in [1.165, 1.54) is 15.8 Å². The van der Waals surface area contributed by atoms with Gasteiger partial charge in [0, 0.05) is 28.1 Å². The van der Waals surface area contributed by atoms with Crippen LogP contribution in [0, 0.1) is 0 Å². The van der Waals surface area contributed by atoms with Gasteiger partial charge in [-0.05, 0) is 48.7 Å². The van der Waals surface area contributed by atoms with E-state index in [0.29, 0.717) is 17.7 Å². The quantitative estimate of drug-likeness (QED) is 0.688. The number of hydrogen-bond donors (Lipinski definition) is 1. The highest BCUT2D eigenvalue weighted by Gasteiger charge is 2.34. The van der Waals surface area contributed by atoms with Gasteiger partial charge in [0.2, 0.25) is 0 Å². The van der Waals surface area contributed by atoms with E-state index in [1.807, 2.05) is 18.3 Å². The molecule has 0 fully saturated rings. The first kappa shape index (κ1) is 15.1. The van der Waals surface area contributed by atoms with E-state index in [9.17, 15) is 9.59 Å². The molecule has 0 spiro atoms. The number of benzene rings is 2. The number of amides is 2. The number of aromatic amines is 1. The van der Waals surface area contributed by atoms with Crippen LogP contribution in [-0.4, -0.2) is 28.2 Å². The minimum atomic E-state index is -0.183. The summed E-state index contributed by atoms with van der Waals surface area (Å²) in [5.74, 6) is -0.366. The Morgan fingerprint density at radius 1 is 1.00 bits per heavy atom. The number of rotatable bonds is 4. The van der Waals surface area contributed by atoms with E-state index in [0.717, 1.165) is 22.8 Å². The molecule has 0 atom stereocenters. The molecular weight excluding hydrogens is 368 g/mol. The van der Waals surface area contributed by atoms with Crippen molar-refractivity contribution in [1.29, 1.82) is 0 Å². The molecule has 2 amide bonds. The topological polar surface area (TPSA) is 53.2 Å². The van der Waals surface area contributed by atoms with E-state index in [-0.39, 0.29) is 11.8 Å². The lowest BCUT2D eigenvalue weighted by atomic mass is 10.1. The van der Waals surface area contributed by atoms with Gasteiger partial charge < -0.3 is 4.98 Å². The molecule has 24 heavy (non-hydrogen) atoms. The largest absolute Gasteiger partial charge is 0.361 e. The maximum atomic E-state index is 12.3. The highest BCUT2D eigenvalue weighted by molar-refractivity contribution is 9.10. The third-order valence-corrected chi connectivity index (χ3v) is 4.93. The summed E-state index contributed by atoms with van der Waals surface area (Å²) >= 11 is 3.49. The van der Waals surface area contributed by atoms with Gasteiger partial charge in [-0.3, -0.25) is 14.5 Å². The van der Waals surface area contributed by atoms with Crippen molar-refractivity contribution in [2.24, 2.45) is 0 Å². The fourth-order valence-corrected chi connectivity index (χ4v) is 3.59. The van der Waals surface area contributed by atoms with Gasteiger partial charge in [0.05, 0.1) is 11.1 Å². The lowest BCUT2D eigenvalue weighted by molar-refractivity contribution is 0.0652. The summed E-state index contributed by atoms with van der Waals surface area (Å²) in [5.41, 5.74) is 3.31. The molecule has 0 saturated carbocycles. The van der Waals surface area contributed by atoms with Crippen LogP contribution in [0.5, 0.6) is 0 Å².